The number of hydrogen-bond acceptors (Lipinski definition) is 3. The van der Waals surface area contributed by atoms with Crippen molar-refractivity contribution in [1.82, 2.24) is 4.31 Å². The molecule has 0 aromatic heterocycles. The van der Waals surface area contributed by atoms with Crippen LogP contribution in [0.15, 0.2) is 35.2 Å². The fourth-order valence-corrected chi connectivity index (χ4v) is 4.16. The highest BCUT2D eigenvalue weighted by Crippen LogP contribution is 2.23. The Morgan fingerprint density at radius 3 is 2.15 bits per heavy atom. The van der Waals surface area contributed by atoms with Crippen LogP contribution < -0.4 is 5.32 Å². The molecule has 140 valence electrons. The molecular weight excluding hydrogens is 372 g/mol. The Morgan fingerprint density at radius 2 is 1.62 bits per heavy atom. The van der Waals surface area contributed by atoms with E-state index in [1.165, 1.54) is 19.2 Å². The smallest absolute Gasteiger partial charge is 0.243 e. The minimum Gasteiger partial charge on any atom is -0.324 e. The van der Waals surface area contributed by atoms with Gasteiger partial charge in [-0.1, -0.05) is 35.4 Å². The van der Waals surface area contributed by atoms with Gasteiger partial charge in [-0.3, -0.25) is 4.79 Å². The molecule has 1 amide bonds. The molecule has 0 aliphatic rings. The third kappa shape index (κ3) is 4.44. The lowest BCUT2D eigenvalue weighted by molar-refractivity contribution is -0.116. The lowest BCUT2D eigenvalue weighted by Gasteiger charge is -2.18. The standard InChI is InChI=1S/C19H23ClN2O3S/c1-12-8-14(3)19(15(4)9-12)21-18(23)11-22(5)26(24,25)16-7-6-13(2)17(20)10-16/h6-10H,11H2,1-5H3,(H,21,23). The van der Waals surface area contributed by atoms with Gasteiger partial charge in [0.2, 0.25) is 15.9 Å². The molecule has 0 heterocycles. The van der Waals surface area contributed by atoms with E-state index >= 15 is 0 Å². The molecule has 7 heteroatoms. The van der Waals surface area contributed by atoms with E-state index < -0.39 is 15.9 Å². The molecular formula is C19H23ClN2O3S. The third-order valence-electron chi connectivity index (χ3n) is 4.16. The topological polar surface area (TPSA) is 66.5 Å². The summed E-state index contributed by atoms with van der Waals surface area (Å²) in [6.45, 7) is 7.30. The second-order valence-corrected chi connectivity index (χ2v) is 8.95. The summed E-state index contributed by atoms with van der Waals surface area (Å²) >= 11 is 6.02. The molecule has 5 nitrogen and oxygen atoms in total. The van der Waals surface area contributed by atoms with Crippen molar-refractivity contribution >= 4 is 33.2 Å². The summed E-state index contributed by atoms with van der Waals surface area (Å²) in [4.78, 5) is 12.4. The van der Waals surface area contributed by atoms with Crippen LogP contribution in [0.3, 0.4) is 0 Å². The van der Waals surface area contributed by atoms with E-state index in [1.807, 2.05) is 32.9 Å². The average Bonchev–Trinajstić information content (AvgIpc) is 2.53. The number of nitrogens with zero attached hydrogens (tertiary/aromatic N) is 1. The maximum Gasteiger partial charge on any atom is 0.243 e. The van der Waals surface area contributed by atoms with Gasteiger partial charge >= 0.3 is 0 Å². The van der Waals surface area contributed by atoms with Crippen molar-refractivity contribution in [2.24, 2.45) is 0 Å². The van der Waals surface area contributed by atoms with Gasteiger partial charge in [0.25, 0.3) is 0 Å². The van der Waals surface area contributed by atoms with Crippen molar-refractivity contribution in [3.8, 4) is 0 Å². The summed E-state index contributed by atoms with van der Waals surface area (Å²) in [7, 11) is -2.43. The molecule has 0 spiro atoms. The van der Waals surface area contributed by atoms with Crippen molar-refractivity contribution in [2.45, 2.75) is 32.6 Å². The largest absolute Gasteiger partial charge is 0.324 e. The van der Waals surface area contributed by atoms with Gasteiger partial charge in [0.15, 0.2) is 0 Å². The summed E-state index contributed by atoms with van der Waals surface area (Å²) < 4.78 is 26.3. The second-order valence-electron chi connectivity index (χ2n) is 6.49. The molecule has 0 bridgehead atoms. The lowest BCUT2D eigenvalue weighted by Crippen LogP contribution is -2.35. The number of halogens is 1. The molecule has 0 saturated carbocycles. The molecule has 0 atom stereocenters. The van der Waals surface area contributed by atoms with Crippen LogP contribution in [0.1, 0.15) is 22.3 Å². The number of rotatable bonds is 5. The zero-order valence-corrected chi connectivity index (χ0v) is 17.1. The number of benzene rings is 2. The van der Waals surface area contributed by atoms with Crippen LogP contribution in [0.25, 0.3) is 0 Å². The molecule has 0 fully saturated rings. The zero-order chi connectivity index (χ0) is 19.6. The first-order chi connectivity index (χ1) is 12.0. The van der Waals surface area contributed by atoms with Crippen molar-refractivity contribution in [2.75, 3.05) is 18.9 Å². The Balaban J connectivity index is 2.17. The van der Waals surface area contributed by atoms with Crippen molar-refractivity contribution in [3.63, 3.8) is 0 Å². The Hall–Kier alpha value is -1.89. The number of carbonyl (C=O) groups is 1. The van der Waals surface area contributed by atoms with Crippen LogP contribution in [0.2, 0.25) is 5.02 Å². The van der Waals surface area contributed by atoms with E-state index in [9.17, 15) is 13.2 Å². The van der Waals surface area contributed by atoms with Crippen molar-refractivity contribution in [3.05, 3.63) is 57.6 Å². The van der Waals surface area contributed by atoms with Crippen LogP contribution in [0, 0.1) is 27.7 Å². The van der Waals surface area contributed by atoms with Crippen LogP contribution in [-0.4, -0.2) is 32.2 Å². The maximum atomic E-state index is 12.6. The number of likely N-dealkylation sites (N-methyl/N-ethyl adjacent to an activating group) is 1. The van der Waals surface area contributed by atoms with Gasteiger partial charge in [-0.05, 0) is 56.5 Å². The summed E-state index contributed by atoms with van der Waals surface area (Å²) in [6.07, 6.45) is 0. The molecule has 0 unspecified atom stereocenters. The molecule has 1 N–H and O–H groups in total. The quantitative estimate of drug-likeness (QED) is 0.837. The van der Waals surface area contributed by atoms with E-state index in [4.69, 9.17) is 11.6 Å². The number of aryl methyl sites for hydroxylation is 4. The lowest BCUT2D eigenvalue weighted by atomic mass is 10.1. The zero-order valence-electron chi connectivity index (χ0n) is 15.6. The van der Waals surface area contributed by atoms with Gasteiger partial charge in [0, 0.05) is 17.8 Å². The number of hydrogen-bond donors (Lipinski definition) is 1. The monoisotopic (exact) mass is 394 g/mol. The van der Waals surface area contributed by atoms with Gasteiger partial charge in [-0.15, -0.1) is 0 Å². The van der Waals surface area contributed by atoms with Crippen LogP contribution in [-0.2, 0) is 14.8 Å². The van der Waals surface area contributed by atoms with E-state index in [0.717, 1.165) is 26.6 Å². The van der Waals surface area contributed by atoms with E-state index in [-0.39, 0.29) is 11.4 Å². The Bertz CT molecular complexity index is 932. The van der Waals surface area contributed by atoms with Gasteiger partial charge in [-0.2, -0.15) is 4.31 Å². The third-order valence-corrected chi connectivity index (χ3v) is 6.37. The van der Waals surface area contributed by atoms with E-state index in [1.54, 1.807) is 13.0 Å². The SMILES string of the molecule is Cc1cc(C)c(NC(=O)CN(C)S(=O)(=O)c2ccc(C)c(Cl)c2)c(C)c1. The number of anilines is 1. The summed E-state index contributed by atoms with van der Waals surface area (Å²) in [5.41, 5.74) is 4.48. The number of nitrogens with one attached hydrogen (secondary N) is 1. The number of carbonyl (C=O) groups excluding carboxylic acids is 1. The fraction of sp³-hybridized carbons (Fsp3) is 0.316. The first-order valence-corrected chi connectivity index (χ1v) is 9.94. The summed E-state index contributed by atoms with van der Waals surface area (Å²) in [5.74, 6) is -0.399. The minimum absolute atomic E-state index is 0.0612. The molecule has 0 aliphatic carbocycles. The Kier molecular flexibility index (Phi) is 6.11. The molecule has 2 aromatic rings. The van der Waals surface area contributed by atoms with E-state index in [0.29, 0.717) is 10.7 Å². The predicted octanol–water partition coefficient (Wildman–Crippen LogP) is 3.83. The highest BCUT2D eigenvalue weighted by molar-refractivity contribution is 7.89. The molecule has 2 aromatic carbocycles. The minimum atomic E-state index is -3.80. The van der Waals surface area contributed by atoms with Crippen molar-refractivity contribution < 1.29 is 13.2 Å². The highest BCUT2D eigenvalue weighted by Gasteiger charge is 2.24. The maximum absolute atomic E-state index is 12.6. The van der Waals surface area contributed by atoms with Gasteiger partial charge in [-0.25, -0.2) is 8.42 Å². The molecule has 0 saturated heterocycles. The molecule has 2 rings (SSSR count). The highest BCUT2D eigenvalue weighted by atomic mass is 35.5. The van der Waals surface area contributed by atoms with Crippen LogP contribution >= 0.6 is 11.6 Å². The molecule has 0 aliphatic heterocycles. The average molecular weight is 395 g/mol. The van der Waals surface area contributed by atoms with Crippen LogP contribution in [0.4, 0.5) is 5.69 Å². The second kappa shape index (κ2) is 7.78. The van der Waals surface area contributed by atoms with Gasteiger partial charge < -0.3 is 5.32 Å². The van der Waals surface area contributed by atoms with Crippen molar-refractivity contribution in [1.29, 1.82) is 0 Å². The molecule has 0 radical (unpaired) electrons. The fourth-order valence-electron chi connectivity index (χ4n) is 2.76. The first kappa shape index (κ1) is 20.4. The summed E-state index contributed by atoms with van der Waals surface area (Å²) in [5, 5.41) is 3.18. The molecule has 26 heavy (non-hydrogen) atoms. The Morgan fingerprint density at radius 1 is 1.04 bits per heavy atom. The Labute approximate surface area is 160 Å². The van der Waals surface area contributed by atoms with E-state index in [2.05, 4.69) is 5.32 Å². The van der Waals surface area contributed by atoms with Gasteiger partial charge in [0.05, 0.1) is 11.4 Å². The van der Waals surface area contributed by atoms with Crippen LogP contribution in [0.5, 0.6) is 0 Å². The predicted molar refractivity (Wildman–Crippen MR) is 105 cm³/mol. The normalized spacial score (nSPS) is 11.7. The first-order valence-electron chi connectivity index (χ1n) is 8.12. The number of sulfonamides is 1. The summed E-state index contributed by atoms with van der Waals surface area (Å²) in [6, 6.07) is 8.46. The van der Waals surface area contributed by atoms with Gasteiger partial charge in [0.1, 0.15) is 0 Å². The number of amides is 1.